The number of β-lactam (4-membered cyclic amide) rings is 1. The van der Waals surface area contributed by atoms with E-state index in [-0.39, 0.29) is 18.0 Å². The lowest BCUT2D eigenvalue weighted by Crippen LogP contribution is -2.64. The molecule has 4 heterocycles. The fourth-order valence-electron chi connectivity index (χ4n) is 3.91. The van der Waals surface area contributed by atoms with Crippen LogP contribution in [0.1, 0.15) is 24.4 Å². The first-order chi connectivity index (χ1) is 13.0. The molecular weight excluding hydrogens is 386 g/mol. The first kappa shape index (κ1) is 18.5. The molecule has 7 nitrogen and oxygen atoms in total. The highest BCUT2D eigenvalue weighted by atomic mass is 32.2. The number of sulfonamides is 1. The number of pyridine rings is 1. The number of aromatic nitrogens is 1. The van der Waals surface area contributed by atoms with Gasteiger partial charge in [-0.1, -0.05) is 6.07 Å². The summed E-state index contributed by atoms with van der Waals surface area (Å²) in [5.41, 5.74) is 0.991. The lowest BCUT2D eigenvalue weighted by molar-refractivity contribution is -0.178. The highest BCUT2D eigenvalue weighted by Crippen LogP contribution is 2.41. The van der Waals surface area contributed by atoms with Gasteiger partial charge in [-0.3, -0.25) is 9.78 Å². The zero-order valence-corrected chi connectivity index (χ0v) is 16.5. The van der Waals surface area contributed by atoms with Crippen LogP contribution >= 0.6 is 11.3 Å². The molecule has 2 aliphatic heterocycles. The van der Waals surface area contributed by atoms with Crippen LogP contribution in [-0.2, 0) is 19.6 Å². The first-order valence-corrected chi connectivity index (χ1v) is 11.1. The van der Waals surface area contributed by atoms with Gasteiger partial charge in [0.1, 0.15) is 4.21 Å². The Morgan fingerprint density at radius 2 is 1.89 bits per heavy atom. The van der Waals surface area contributed by atoms with E-state index in [0.29, 0.717) is 30.1 Å². The number of amides is 1. The highest BCUT2D eigenvalue weighted by Gasteiger charge is 2.52. The SMILES string of the molecule is CO[C@H]1C(=O)N(C2CCN(S(=O)(=O)c3cccs3)CC2)[C@H]1c1ccncc1. The Bertz CT molecular complexity index is 894. The number of methoxy groups -OCH3 is 1. The topological polar surface area (TPSA) is 79.8 Å². The lowest BCUT2D eigenvalue weighted by Gasteiger charge is -2.52. The second-order valence-corrected chi connectivity index (χ2v) is 9.81. The third kappa shape index (κ3) is 3.18. The summed E-state index contributed by atoms with van der Waals surface area (Å²) < 4.78 is 32.7. The van der Waals surface area contributed by atoms with E-state index >= 15 is 0 Å². The van der Waals surface area contributed by atoms with Crippen molar-refractivity contribution in [3.63, 3.8) is 0 Å². The van der Waals surface area contributed by atoms with E-state index in [1.54, 1.807) is 37.0 Å². The molecular formula is C18H21N3O4S2. The second kappa shape index (κ2) is 7.31. The van der Waals surface area contributed by atoms with Gasteiger partial charge in [-0.2, -0.15) is 4.31 Å². The number of rotatable bonds is 5. The van der Waals surface area contributed by atoms with Crippen LogP contribution < -0.4 is 0 Å². The van der Waals surface area contributed by atoms with Crippen molar-refractivity contribution < 1.29 is 17.9 Å². The van der Waals surface area contributed by atoms with Gasteiger partial charge in [-0.15, -0.1) is 11.3 Å². The second-order valence-electron chi connectivity index (χ2n) is 6.69. The molecule has 1 amide bonds. The van der Waals surface area contributed by atoms with E-state index in [0.717, 1.165) is 5.56 Å². The molecule has 2 aromatic heterocycles. The van der Waals surface area contributed by atoms with Crippen LogP contribution in [0, 0.1) is 0 Å². The molecule has 144 valence electrons. The predicted molar refractivity (Wildman–Crippen MR) is 101 cm³/mol. The van der Waals surface area contributed by atoms with E-state index in [9.17, 15) is 13.2 Å². The zero-order valence-electron chi connectivity index (χ0n) is 14.9. The minimum Gasteiger partial charge on any atom is -0.369 e. The monoisotopic (exact) mass is 407 g/mol. The van der Waals surface area contributed by atoms with Crippen molar-refractivity contribution in [1.82, 2.24) is 14.2 Å². The number of ether oxygens (including phenoxy) is 1. The molecule has 0 radical (unpaired) electrons. The van der Waals surface area contributed by atoms with E-state index < -0.39 is 16.1 Å². The van der Waals surface area contributed by atoms with Crippen molar-refractivity contribution in [2.75, 3.05) is 20.2 Å². The molecule has 2 saturated heterocycles. The number of carbonyl (C=O) groups is 1. The molecule has 0 aromatic carbocycles. The van der Waals surface area contributed by atoms with E-state index in [1.165, 1.54) is 15.6 Å². The van der Waals surface area contributed by atoms with Crippen LogP contribution in [0.15, 0.2) is 46.2 Å². The molecule has 0 N–H and O–H groups in total. The summed E-state index contributed by atoms with van der Waals surface area (Å²) in [5.74, 6) is -0.0288. The van der Waals surface area contributed by atoms with Crippen molar-refractivity contribution >= 4 is 27.3 Å². The average Bonchev–Trinajstić information content (AvgIpc) is 3.23. The fraction of sp³-hybridized carbons (Fsp3) is 0.444. The Morgan fingerprint density at radius 1 is 1.19 bits per heavy atom. The summed E-state index contributed by atoms with van der Waals surface area (Å²) in [6, 6.07) is 7.03. The number of hydrogen-bond acceptors (Lipinski definition) is 6. The molecule has 0 saturated carbocycles. The molecule has 27 heavy (non-hydrogen) atoms. The van der Waals surface area contributed by atoms with E-state index in [2.05, 4.69) is 4.98 Å². The van der Waals surface area contributed by atoms with Crippen molar-refractivity contribution in [2.45, 2.75) is 35.2 Å². The van der Waals surface area contributed by atoms with Crippen molar-refractivity contribution in [3.05, 3.63) is 47.6 Å². The summed E-state index contributed by atoms with van der Waals surface area (Å²) in [6.45, 7) is 0.824. The van der Waals surface area contributed by atoms with E-state index in [1.807, 2.05) is 17.0 Å². The van der Waals surface area contributed by atoms with Gasteiger partial charge in [0, 0.05) is 38.6 Å². The number of hydrogen-bond donors (Lipinski definition) is 0. The van der Waals surface area contributed by atoms with Gasteiger partial charge < -0.3 is 9.64 Å². The molecule has 2 atom stereocenters. The number of likely N-dealkylation sites (tertiary alicyclic amines) is 1. The summed E-state index contributed by atoms with van der Waals surface area (Å²) in [5, 5.41) is 1.77. The van der Waals surface area contributed by atoms with Crippen molar-refractivity contribution in [1.29, 1.82) is 0 Å². The summed E-state index contributed by atoms with van der Waals surface area (Å²) >= 11 is 1.23. The Hall–Kier alpha value is -1.81. The number of piperidine rings is 1. The van der Waals surface area contributed by atoms with E-state index in [4.69, 9.17) is 4.74 Å². The maximum atomic E-state index is 12.7. The van der Waals surface area contributed by atoms with Gasteiger partial charge in [-0.05, 0) is 42.0 Å². The summed E-state index contributed by atoms with van der Waals surface area (Å²) in [4.78, 5) is 18.5. The number of nitrogens with zero attached hydrogens (tertiary/aromatic N) is 3. The Labute approximate surface area is 162 Å². The fourth-order valence-corrected chi connectivity index (χ4v) is 6.53. The molecule has 0 unspecified atom stereocenters. The third-order valence-electron chi connectivity index (χ3n) is 5.29. The third-order valence-corrected chi connectivity index (χ3v) is 8.56. The van der Waals surface area contributed by atoms with Gasteiger partial charge in [0.2, 0.25) is 0 Å². The standard InChI is InChI=1S/C18H21N3O4S2/c1-25-17-16(13-4-8-19-9-5-13)21(18(17)22)14-6-10-20(11-7-14)27(23,24)15-3-2-12-26-15/h2-5,8-9,12,14,16-17H,6-7,10-11H2,1H3/t16-,17+/m0/s1. The van der Waals surface area contributed by atoms with Crippen LogP contribution in [0.2, 0.25) is 0 Å². The number of carbonyl (C=O) groups excluding carboxylic acids is 1. The molecule has 9 heteroatoms. The summed E-state index contributed by atoms with van der Waals surface area (Å²) in [6.07, 6.45) is 4.17. The quantitative estimate of drug-likeness (QED) is 0.707. The van der Waals surface area contributed by atoms with Gasteiger partial charge in [0.25, 0.3) is 15.9 Å². The smallest absolute Gasteiger partial charge is 0.255 e. The van der Waals surface area contributed by atoms with Crippen LogP contribution in [0.3, 0.4) is 0 Å². The first-order valence-electron chi connectivity index (χ1n) is 8.82. The van der Waals surface area contributed by atoms with Crippen LogP contribution in [0.4, 0.5) is 0 Å². The lowest BCUT2D eigenvalue weighted by atomic mass is 9.87. The van der Waals surface area contributed by atoms with Gasteiger partial charge >= 0.3 is 0 Å². The van der Waals surface area contributed by atoms with Crippen molar-refractivity contribution in [2.24, 2.45) is 0 Å². The molecule has 2 aromatic rings. The Kier molecular flexibility index (Phi) is 5.02. The molecule has 2 aliphatic rings. The van der Waals surface area contributed by atoms with Crippen molar-refractivity contribution in [3.8, 4) is 0 Å². The zero-order chi connectivity index (χ0) is 19.0. The minimum atomic E-state index is -3.44. The largest absolute Gasteiger partial charge is 0.369 e. The van der Waals surface area contributed by atoms with Crippen LogP contribution in [0.25, 0.3) is 0 Å². The highest BCUT2D eigenvalue weighted by molar-refractivity contribution is 7.91. The summed E-state index contributed by atoms with van der Waals surface area (Å²) in [7, 11) is -1.89. The molecule has 2 fully saturated rings. The maximum Gasteiger partial charge on any atom is 0.255 e. The molecule has 4 rings (SSSR count). The average molecular weight is 408 g/mol. The van der Waals surface area contributed by atoms with Gasteiger partial charge in [-0.25, -0.2) is 8.42 Å². The van der Waals surface area contributed by atoms with Gasteiger partial charge in [0.15, 0.2) is 6.10 Å². The van der Waals surface area contributed by atoms with Crippen LogP contribution in [0.5, 0.6) is 0 Å². The Balaban J connectivity index is 1.48. The minimum absolute atomic E-state index is 0.0110. The molecule has 0 bridgehead atoms. The van der Waals surface area contributed by atoms with Gasteiger partial charge in [0.05, 0.1) is 6.04 Å². The Morgan fingerprint density at radius 3 is 2.48 bits per heavy atom. The predicted octanol–water partition coefficient (Wildman–Crippen LogP) is 1.89. The maximum absolute atomic E-state index is 12.7. The van der Waals surface area contributed by atoms with Crippen LogP contribution in [-0.4, -0.2) is 60.9 Å². The molecule has 0 aliphatic carbocycles. The molecule has 0 spiro atoms. The number of thiophene rings is 1. The normalized spacial score (nSPS) is 24.8.